The van der Waals surface area contributed by atoms with Gasteiger partial charge < -0.3 is 14.8 Å². The van der Waals surface area contributed by atoms with Crippen molar-refractivity contribution in [2.24, 2.45) is 0 Å². The van der Waals surface area contributed by atoms with Crippen molar-refractivity contribution in [3.63, 3.8) is 0 Å². The quantitative estimate of drug-likeness (QED) is 0.849. The Balaban J connectivity index is 1.84. The Bertz CT molecular complexity index is 460. The van der Waals surface area contributed by atoms with Crippen LogP contribution in [0.4, 0.5) is 0 Å². The van der Waals surface area contributed by atoms with Gasteiger partial charge in [-0.2, -0.15) is 0 Å². The van der Waals surface area contributed by atoms with Crippen molar-refractivity contribution in [1.82, 2.24) is 10.2 Å². The zero-order chi connectivity index (χ0) is 15.3. The van der Waals surface area contributed by atoms with E-state index in [9.17, 15) is 0 Å². The minimum Gasteiger partial charge on any atom is -0.496 e. The summed E-state index contributed by atoms with van der Waals surface area (Å²) in [5.74, 6) is 0.868. The van der Waals surface area contributed by atoms with Crippen molar-refractivity contribution in [3.05, 3.63) is 28.2 Å². The number of hydrogen-bond donors (Lipinski definition) is 1. The topological polar surface area (TPSA) is 33.7 Å². The summed E-state index contributed by atoms with van der Waals surface area (Å²) in [7, 11) is 1.68. The van der Waals surface area contributed by atoms with Gasteiger partial charge in [0, 0.05) is 31.7 Å². The Labute approximate surface area is 135 Å². The van der Waals surface area contributed by atoms with Gasteiger partial charge in [0.1, 0.15) is 5.75 Å². The van der Waals surface area contributed by atoms with Crippen LogP contribution in [0, 0.1) is 0 Å². The molecule has 1 aromatic rings. The number of ether oxygens (including phenoxy) is 2. The first kappa shape index (κ1) is 16.7. The molecule has 4 nitrogen and oxygen atoms in total. The predicted octanol–water partition coefficient (Wildman–Crippen LogP) is 2.66. The van der Waals surface area contributed by atoms with Gasteiger partial charge >= 0.3 is 0 Å². The molecule has 1 aromatic carbocycles. The smallest absolute Gasteiger partial charge is 0.133 e. The van der Waals surface area contributed by atoms with Gasteiger partial charge in [0.2, 0.25) is 0 Å². The van der Waals surface area contributed by atoms with E-state index in [-0.39, 0.29) is 5.54 Å². The van der Waals surface area contributed by atoms with Crippen molar-refractivity contribution in [3.8, 4) is 5.75 Å². The fourth-order valence-corrected chi connectivity index (χ4v) is 3.20. The van der Waals surface area contributed by atoms with Crippen LogP contribution in [-0.4, -0.2) is 50.4 Å². The number of halogens is 1. The molecule has 1 fully saturated rings. The lowest BCUT2D eigenvalue weighted by Crippen LogP contribution is -2.54. The lowest BCUT2D eigenvalue weighted by atomic mass is 10.0. The number of benzene rings is 1. The Morgan fingerprint density at radius 2 is 2.05 bits per heavy atom. The molecule has 0 spiro atoms. The van der Waals surface area contributed by atoms with Gasteiger partial charge in [-0.1, -0.05) is 6.07 Å². The average molecular weight is 357 g/mol. The first-order valence-corrected chi connectivity index (χ1v) is 8.18. The Morgan fingerprint density at radius 3 is 2.67 bits per heavy atom. The molecule has 0 amide bonds. The normalized spacial score (nSPS) is 17.0. The number of morpholine rings is 1. The standard InChI is InChI=1S/C16H25BrN2O2/c1-16(2,19-6-8-21-9-7-19)12-18-11-13-4-5-15(20-3)14(17)10-13/h4-5,10,18H,6-9,11-12H2,1-3H3. The highest BCUT2D eigenvalue weighted by atomic mass is 79.9. The van der Waals surface area contributed by atoms with Crippen molar-refractivity contribution < 1.29 is 9.47 Å². The van der Waals surface area contributed by atoms with Crippen molar-refractivity contribution in [2.75, 3.05) is 40.0 Å². The Hall–Kier alpha value is -0.620. The average Bonchev–Trinajstić information content (AvgIpc) is 2.48. The lowest BCUT2D eigenvalue weighted by Gasteiger charge is -2.41. The number of rotatable bonds is 6. The van der Waals surface area contributed by atoms with E-state index < -0.39 is 0 Å². The van der Waals surface area contributed by atoms with Crippen molar-refractivity contribution >= 4 is 15.9 Å². The summed E-state index contributed by atoms with van der Waals surface area (Å²) in [4.78, 5) is 2.49. The second-order valence-corrected chi connectivity index (χ2v) is 6.84. The van der Waals surface area contributed by atoms with Crippen LogP contribution in [0.15, 0.2) is 22.7 Å². The molecular formula is C16H25BrN2O2. The maximum atomic E-state index is 5.42. The largest absolute Gasteiger partial charge is 0.496 e. The summed E-state index contributed by atoms with van der Waals surface area (Å²) in [6, 6.07) is 6.19. The third kappa shape index (κ3) is 4.68. The maximum absolute atomic E-state index is 5.42. The molecule has 0 aromatic heterocycles. The van der Waals surface area contributed by atoms with Crippen molar-refractivity contribution in [2.45, 2.75) is 25.9 Å². The van der Waals surface area contributed by atoms with Gasteiger partial charge in [-0.15, -0.1) is 0 Å². The first-order chi connectivity index (χ1) is 10.0. The monoisotopic (exact) mass is 356 g/mol. The van der Waals surface area contributed by atoms with Crippen LogP contribution in [0.1, 0.15) is 19.4 Å². The minimum atomic E-state index is 0.146. The molecule has 1 aliphatic heterocycles. The van der Waals surface area contributed by atoms with E-state index in [4.69, 9.17) is 9.47 Å². The lowest BCUT2D eigenvalue weighted by molar-refractivity contribution is -0.00966. The van der Waals surface area contributed by atoms with Crippen LogP contribution in [0.3, 0.4) is 0 Å². The van der Waals surface area contributed by atoms with Crippen LogP contribution in [0.2, 0.25) is 0 Å². The summed E-state index contributed by atoms with van der Waals surface area (Å²) in [5.41, 5.74) is 1.40. The van der Waals surface area contributed by atoms with Crippen LogP contribution in [-0.2, 0) is 11.3 Å². The fraction of sp³-hybridized carbons (Fsp3) is 0.625. The molecular weight excluding hydrogens is 332 g/mol. The zero-order valence-electron chi connectivity index (χ0n) is 13.1. The molecule has 0 radical (unpaired) electrons. The Kier molecular flexibility index (Phi) is 6.05. The molecule has 1 heterocycles. The van der Waals surface area contributed by atoms with E-state index in [1.807, 2.05) is 6.07 Å². The minimum absolute atomic E-state index is 0.146. The van der Waals surface area contributed by atoms with E-state index in [0.29, 0.717) is 0 Å². The van der Waals surface area contributed by atoms with Crippen LogP contribution in [0.25, 0.3) is 0 Å². The van der Waals surface area contributed by atoms with Gasteiger partial charge in [-0.3, -0.25) is 4.90 Å². The van der Waals surface area contributed by atoms with Gasteiger partial charge in [0.25, 0.3) is 0 Å². The van der Waals surface area contributed by atoms with Gasteiger partial charge in [0.05, 0.1) is 24.8 Å². The molecule has 5 heteroatoms. The molecule has 1 saturated heterocycles. The second-order valence-electron chi connectivity index (χ2n) is 5.98. The number of methoxy groups -OCH3 is 1. The van der Waals surface area contributed by atoms with Crippen LogP contribution >= 0.6 is 15.9 Å². The molecule has 2 rings (SSSR count). The molecule has 0 bridgehead atoms. The fourth-order valence-electron chi connectivity index (χ4n) is 2.61. The van der Waals surface area contributed by atoms with E-state index in [2.05, 4.69) is 52.1 Å². The molecule has 0 aliphatic carbocycles. The highest BCUT2D eigenvalue weighted by Gasteiger charge is 2.27. The third-order valence-electron chi connectivity index (χ3n) is 3.97. The van der Waals surface area contributed by atoms with Crippen molar-refractivity contribution in [1.29, 1.82) is 0 Å². The molecule has 21 heavy (non-hydrogen) atoms. The molecule has 118 valence electrons. The SMILES string of the molecule is COc1ccc(CNCC(C)(C)N2CCOCC2)cc1Br. The predicted molar refractivity (Wildman–Crippen MR) is 88.9 cm³/mol. The third-order valence-corrected chi connectivity index (χ3v) is 4.59. The summed E-state index contributed by atoms with van der Waals surface area (Å²) in [6.45, 7) is 10.1. The van der Waals surface area contributed by atoms with E-state index in [1.54, 1.807) is 7.11 Å². The van der Waals surface area contributed by atoms with Crippen LogP contribution < -0.4 is 10.1 Å². The maximum Gasteiger partial charge on any atom is 0.133 e. The van der Waals surface area contributed by atoms with Crippen LogP contribution in [0.5, 0.6) is 5.75 Å². The summed E-state index contributed by atoms with van der Waals surface area (Å²) < 4.78 is 11.7. The van der Waals surface area contributed by atoms with Gasteiger partial charge in [-0.25, -0.2) is 0 Å². The highest BCUT2D eigenvalue weighted by molar-refractivity contribution is 9.10. The van der Waals surface area contributed by atoms with Gasteiger partial charge in [0.15, 0.2) is 0 Å². The summed E-state index contributed by atoms with van der Waals surface area (Å²) in [5, 5.41) is 3.56. The zero-order valence-corrected chi connectivity index (χ0v) is 14.7. The molecule has 0 atom stereocenters. The van der Waals surface area contributed by atoms with Gasteiger partial charge in [-0.05, 0) is 47.5 Å². The molecule has 1 N–H and O–H groups in total. The molecule has 0 unspecified atom stereocenters. The number of hydrogen-bond acceptors (Lipinski definition) is 4. The van der Waals surface area contributed by atoms with E-state index in [0.717, 1.165) is 49.6 Å². The second kappa shape index (κ2) is 7.58. The number of nitrogens with zero attached hydrogens (tertiary/aromatic N) is 1. The summed E-state index contributed by atoms with van der Waals surface area (Å²) in [6.07, 6.45) is 0. The first-order valence-electron chi connectivity index (χ1n) is 7.39. The Morgan fingerprint density at radius 1 is 1.33 bits per heavy atom. The van der Waals surface area contributed by atoms with E-state index >= 15 is 0 Å². The molecule has 0 saturated carbocycles. The molecule has 1 aliphatic rings. The van der Waals surface area contributed by atoms with E-state index in [1.165, 1.54) is 5.56 Å². The highest BCUT2D eigenvalue weighted by Crippen LogP contribution is 2.25. The summed E-state index contributed by atoms with van der Waals surface area (Å²) >= 11 is 3.53. The number of nitrogens with one attached hydrogen (secondary N) is 1.